The molecule has 2 aromatic carbocycles. The molecule has 27 heavy (non-hydrogen) atoms. The highest BCUT2D eigenvalue weighted by Crippen LogP contribution is 2.24. The van der Waals surface area contributed by atoms with Crippen LogP contribution in [0.5, 0.6) is 5.75 Å². The summed E-state index contributed by atoms with van der Waals surface area (Å²) in [6.45, 7) is 7.33. The van der Waals surface area contributed by atoms with Crippen LogP contribution in [0.1, 0.15) is 34.2 Å². The molecule has 0 unspecified atom stereocenters. The average molecular weight is 366 g/mol. The van der Waals surface area contributed by atoms with Crippen LogP contribution in [0, 0.1) is 20.8 Å². The number of para-hydroxylation sites is 1. The van der Waals surface area contributed by atoms with E-state index in [0.29, 0.717) is 11.3 Å². The molecule has 2 amide bonds. The summed E-state index contributed by atoms with van der Waals surface area (Å²) in [4.78, 5) is 24.6. The van der Waals surface area contributed by atoms with Crippen LogP contribution in [0.2, 0.25) is 0 Å². The minimum atomic E-state index is -0.775. The molecule has 0 bridgehead atoms. The number of carbonyl (C=O) groups excluding carboxylic acids is 2. The molecule has 2 N–H and O–H groups in total. The molecular formula is C21H22N2O4. The zero-order chi connectivity index (χ0) is 19.6. The molecule has 0 spiro atoms. The number of rotatable bonds is 4. The Bertz CT molecular complexity index is 1010. The predicted molar refractivity (Wildman–Crippen MR) is 103 cm³/mol. The first kappa shape index (κ1) is 18.5. The van der Waals surface area contributed by atoms with E-state index in [4.69, 9.17) is 9.15 Å². The van der Waals surface area contributed by atoms with Crippen LogP contribution in [0.25, 0.3) is 11.0 Å². The topological polar surface area (TPSA) is 80.6 Å². The van der Waals surface area contributed by atoms with Gasteiger partial charge in [-0.05, 0) is 51.0 Å². The lowest BCUT2D eigenvalue weighted by Crippen LogP contribution is -2.47. The molecule has 0 fully saturated rings. The summed E-state index contributed by atoms with van der Waals surface area (Å²) in [5, 5.41) is 0.862. The van der Waals surface area contributed by atoms with Gasteiger partial charge in [-0.3, -0.25) is 20.4 Å². The van der Waals surface area contributed by atoms with E-state index in [0.717, 1.165) is 22.1 Å². The number of amides is 2. The van der Waals surface area contributed by atoms with Gasteiger partial charge in [-0.15, -0.1) is 0 Å². The van der Waals surface area contributed by atoms with Gasteiger partial charge in [0.25, 0.3) is 5.91 Å². The second-order valence-corrected chi connectivity index (χ2v) is 6.45. The van der Waals surface area contributed by atoms with E-state index >= 15 is 0 Å². The third-order valence-corrected chi connectivity index (χ3v) is 4.58. The highest BCUT2D eigenvalue weighted by molar-refractivity contribution is 5.99. The molecule has 0 saturated heterocycles. The first-order chi connectivity index (χ1) is 12.9. The number of hydrogen-bond donors (Lipinski definition) is 2. The van der Waals surface area contributed by atoms with E-state index in [9.17, 15) is 9.59 Å². The van der Waals surface area contributed by atoms with E-state index in [1.807, 2.05) is 50.2 Å². The van der Waals surface area contributed by atoms with E-state index in [-0.39, 0.29) is 5.76 Å². The summed E-state index contributed by atoms with van der Waals surface area (Å²) in [6.07, 6.45) is -0.775. The molecule has 0 aliphatic heterocycles. The molecule has 6 nitrogen and oxygen atoms in total. The van der Waals surface area contributed by atoms with Gasteiger partial charge in [-0.2, -0.15) is 0 Å². The Kier molecular flexibility index (Phi) is 5.16. The van der Waals surface area contributed by atoms with Gasteiger partial charge in [0, 0.05) is 10.9 Å². The maximum atomic E-state index is 12.4. The summed E-state index contributed by atoms with van der Waals surface area (Å²) in [5.74, 6) is -0.175. The molecule has 1 aromatic heterocycles. The predicted octanol–water partition coefficient (Wildman–Crippen LogP) is 3.59. The van der Waals surface area contributed by atoms with Gasteiger partial charge in [0.15, 0.2) is 11.9 Å². The Morgan fingerprint density at radius 3 is 2.44 bits per heavy atom. The largest absolute Gasteiger partial charge is 0.481 e. The van der Waals surface area contributed by atoms with Gasteiger partial charge in [-0.25, -0.2) is 0 Å². The number of benzene rings is 2. The maximum Gasteiger partial charge on any atom is 0.305 e. The standard InChI is InChI=1S/C21H22N2O4/c1-12-8-7-11-17(13(12)2)26-15(4)20(24)22-23-21(25)19-14(3)16-9-5-6-10-18(16)27-19/h5-11,15H,1-4H3,(H,22,24)(H,23,25)/t15-/m0/s1. The van der Waals surface area contributed by atoms with Crippen LogP contribution >= 0.6 is 0 Å². The fourth-order valence-corrected chi connectivity index (χ4v) is 2.76. The van der Waals surface area contributed by atoms with Crippen molar-refractivity contribution in [1.82, 2.24) is 10.9 Å². The summed E-state index contributed by atoms with van der Waals surface area (Å²) in [7, 11) is 0. The first-order valence-corrected chi connectivity index (χ1v) is 8.69. The Hall–Kier alpha value is -3.28. The SMILES string of the molecule is Cc1cccc(O[C@@H](C)C(=O)NNC(=O)c2oc3ccccc3c2C)c1C. The van der Waals surface area contributed by atoms with Gasteiger partial charge in [0.2, 0.25) is 0 Å². The summed E-state index contributed by atoms with van der Waals surface area (Å²) < 4.78 is 11.3. The number of hydrazine groups is 1. The maximum absolute atomic E-state index is 12.4. The molecule has 140 valence electrons. The van der Waals surface area contributed by atoms with Crippen LogP contribution in [0.4, 0.5) is 0 Å². The average Bonchev–Trinajstić information content (AvgIpc) is 3.00. The van der Waals surface area contributed by atoms with Crippen molar-refractivity contribution in [2.45, 2.75) is 33.8 Å². The number of hydrogen-bond acceptors (Lipinski definition) is 4. The molecule has 0 aliphatic rings. The van der Waals surface area contributed by atoms with Crippen molar-refractivity contribution in [3.63, 3.8) is 0 Å². The van der Waals surface area contributed by atoms with E-state index in [2.05, 4.69) is 10.9 Å². The molecule has 0 aliphatic carbocycles. The van der Waals surface area contributed by atoms with Gasteiger partial charge in [0.05, 0.1) is 0 Å². The van der Waals surface area contributed by atoms with Crippen LogP contribution in [-0.2, 0) is 4.79 Å². The van der Waals surface area contributed by atoms with Crippen molar-refractivity contribution < 1.29 is 18.7 Å². The molecule has 3 rings (SSSR count). The number of furan rings is 1. The van der Waals surface area contributed by atoms with Gasteiger partial charge in [0.1, 0.15) is 11.3 Å². The molecule has 0 radical (unpaired) electrons. The Labute approximate surface area is 157 Å². The van der Waals surface area contributed by atoms with E-state index in [1.54, 1.807) is 19.9 Å². The zero-order valence-corrected chi connectivity index (χ0v) is 15.8. The van der Waals surface area contributed by atoms with Crippen LogP contribution < -0.4 is 15.6 Å². The smallest absolute Gasteiger partial charge is 0.305 e. The minimum Gasteiger partial charge on any atom is -0.481 e. The molecule has 6 heteroatoms. The Balaban J connectivity index is 1.63. The Morgan fingerprint density at radius 1 is 0.963 bits per heavy atom. The summed E-state index contributed by atoms with van der Waals surface area (Å²) in [6, 6.07) is 13.0. The van der Waals surface area contributed by atoms with E-state index in [1.165, 1.54) is 0 Å². The second kappa shape index (κ2) is 7.53. The fourth-order valence-electron chi connectivity index (χ4n) is 2.76. The molecular weight excluding hydrogens is 344 g/mol. The van der Waals surface area contributed by atoms with Crippen LogP contribution in [0.15, 0.2) is 46.9 Å². The number of nitrogens with one attached hydrogen (secondary N) is 2. The van der Waals surface area contributed by atoms with Crippen molar-refractivity contribution in [2.75, 3.05) is 0 Å². The number of ether oxygens (including phenoxy) is 1. The summed E-state index contributed by atoms with van der Waals surface area (Å²) in [5.41, 5.74) is 8.16. The monoisotopic (exact) mass is 366 g/mol. The van der Waals surface area contributed by atoms with Gasteiger partial charge in [-0.1, -0.05) is 30.3 Å². The first-order valence-electron chi connectivity index (χ1n) is 8.69. The van der Waals surface area contributed by atoms with Crippen LogP contribution in [0.3, 0.4) is 0 Å². The lowest BCUT2D eigenvalue weighted by molar-refractivity contribution is -0.128. The van der Waals surface area contributed by atoms with Crippen molar-refractivity contribution in [2.24, 2.45) is 0 Å². The fraction of sp³-hybridized carbons (Fsp3) is 0.238. The molecule has 0 saturated carbocycles. The molecule has 3 aromatic rings. The minimum absolute atomic E-state index is 0.166. The number of fused-ring (bicyclic) bond motifs is 1. The molecule has 1 atom stereocenters. The van der Waals surface area contributed by atoms with E-state index < -0.39 is 17.9 Å². The van der Waals surface area contributed by atoms with Crippen molar-refractivity contribution in [3.8, 4) is 5.75 Å². The highest BCUT2D eigenvalue weighted by Gasteiger charge is 2.20. The van der Waals surface area contributed by atoms with Gasteiger partial charge >= 0.3 is 5.91 Å². The lowest BCUT2D eigenvalue weighted by atomic mass is 10.1. The van der Waals surface area contributed by atoms with Gasteiger partial charge < -0.3 is 9.15 Å². The Morgan fingerprint density at radius 2 is 1.70 bits per heavy atom. The van der Waals surface area contributed by atoms with Crippen molar-refractivity contribution in [3.05, 3.63) is 64.9 Å². The number of carbonyl (C=O) groups is 2. The lowest BCUT2D eigenvalue weighted by Gasteiger charge is -2.17. The molecule has 1 heterocycles. The normalized spacial score (nSPS) is 11.9. The third kappa shape index (κ3) is 3.79. The van der Waals surface area contributed by atoms with Crippen LogP contribution in [-0.4, -0.2) is 17.9 Å². The van der Waals surface area contributed by atoms with Crippen molar-refractivity contribution >= 4 is 22.8 Å². The number of aryl methyl sites for hydroxylation is 2. The zero-order valence-electron chi connectivity index (χ0n) is 15.8. The quantitative estimate of drug-likeness (QED) is 0.692. The third-order valence-electron chi connectivity index (χ3n) is 4.58. The highest BCUT2D eigenvalue weighted by atomic mass is 16.5. The van der Waals surface area contributed by atoms with Crippen molar-refractivity contribution in [1.29, 1.82) is 0 Å². The second-order valence-electron chi connectivity index (χ2n) is 6.45. The summed E-state index contributed by atoms with van der Waals surface area (Å²) >= 11 is 0.